The van der Waals surface area contributed by atoms with Gasteiger partial charge in [0.2, 0.25) is 11.8 Å². The van der Waals surface area contributed by atoms with Gasteiger partial charge >= 0.3 is 0 Å². The van der Waals surface area contributed by atoms with Crippen LogP contribution in [-0.2, 0) is 27.5 Å². The number of amides is 2. The highest BCUT2D eigenvalue weighted by Gasteiger charge is 2.43. The molecule has 0 spiro atoms. The number of carbonyl (C=O) groups is 2. The lowest BCUT2D eigenvalue weighted by molar-refractivity contribution is -0.155. The summed E-state index contributed by atoms with van der Waals surface area (Å²) in [4.78, 5) is 29.8. The van der Waals surface area contributed by atoms with Gasteiger partial charge < -0.3 is 19.7 Å². The zero-order valence-electron chi connectivity index (χ0n) is 19.7. The van der Waals surface area contributed by atoms with Crippen LogP contribution in [0.3, 0.4) is 0 Å². The molecule has 2 aromatic carbocycles. The van der Waals surface area contributed by atoms with Gasteiger partial charge in [0.25, 0.3) is 0 Å². The number of rotatable bonds is 8. The Morgan fingerprint density at radius 1 is 1.03 bits per heavy atom. The third-order valence-electron chi connectivity index (χ3n) is 6.44. The SMILES string of the molecule is COc1ccccc1-n1cc(CN2CCN3C(=O)[C@H](COCc4ccccc4)NC(=O)[C@H]3C2)cn1. The molecule has 0 aliphatic carbocycles. The Morgan fingerprint density at radius 3 is 2.66 bits per heavy atom. The molecule has 2 atom stereocenters. The topological polar surface area (TPSA) is 88.9 Å². The van der Waals surface area contributed by atoms with Gasteiger partial charge in [-0.2, -0.15) is 5.10 Å². The van der Waals surface area contributed by atoms with Gasteiger partial charge in [0.1, 0.15) is 23.5 Å². The fourth-order valence-corrected chi connectivity index (χ4v) is 4.63. The molecule has 0 bridgehead atoms. The van der Waals surface area contributed by atoms with E-state index in [2.05, 4.69) is 15.3 Å². The van der Waals surface area contributed by atoms with Crippen molar-refractivity contribution < 1.29 is 19.1 Å². The van der Waals surface area contributed by atoms with Crippen LogP contribution in [0.25, 0.3) is 5.69 Å². The van der Waals surface area contributed by atoms with Gasteiger partial charge in [-0.15, -0.1) is 0 Å². The largest absolute Gasteiger partial charge is 0.494 e. The van der Waals surface area contributed by atoms with Gasteiger partial charge in [-0.05, 0) is 17.7 Å². The van der Waals surface area contributed by atoms with Crippen LogP contribution in [0.15, 0.2) is 67.0 Å². The molecule has 0 saturated carbocycles. The first kappa shape index (κ1) is 23.1. The molecule has 35 heavy (non-hydrogen) atoms. The van der Waals surface area contributed by atoms with Crippen molar-refractivity contribution in [1.29, 1.82) is 0 Å². The number of hydrogen-bond acceptors (Lipinski definition) is 6. The van der Waals surface area contributed by atoms with E-state index >= 15 is 0 Å². The zero-order valence-corrected chi connectivity index (χ0v) is 19.7. The minimum atomic E-state index is -0.645. The Bertz CT molecular complexity index is 1180. The van der Waals surface area contributed by atoms with Crippen molar-refractivity contribution in [3.8, 4) is 11.4 Å². The van der Waals surface area contributed by atoms with E-state index in [9.17, 15) is 9.59 Å². The molecule has 3 aromatic rings. The van der Waals surface area contributed by atoms with E-state index in [0.717, 1.165) is 22.6 Å². The van der Waals surface area contributed by atoms with E-state index in [-0.39, 0.29) is 18.4 Å². The van der Waals surface area contributed by atoms with Crippen molar-refractivity contribution in [3.05, 3.63) is 78.1 Å². The van der Waals surface area contributed by atoms with Crippen molar-refractivity contribution in [1.82, 2.24) is 24.9 Å². The van der Waals surface area contributed by atoms with E-state index in [1.54, 1.807) is 16.7 Å². The number of ether oxygens (including phenoxy) is 2. The molecule has 2 fully saturated rings. The van der Waals surface area contributed by atoms with Crippen LogP contribution in [-0.4, -0.2) is 76.8 Å². The Balaban J connectivity index is 1.17. The van der Waals surface area contributed by atoms with Gasteiger partial charge in [-0.1, -0.05) is 42.5 Å². The van der Waals surface area contributed by atoms with Crippen molar-refractivity contribution >= 4 is 11.8 Å². The van der Waals surface area contributed by atoms with Crippen molar-refractivity contribution in [2.75, 3.05) is 33.4 Å². The number of nitrogens with one attached hydrogen (secondary N) is 1. The monoisotopic (exact) mass is 475 g/mol. The molecule has 2 aliphatic rings. The quantitative estimate of drug-likeness (QED) is 0.533. The highest BCUT2D eigenvalue weighted by Crippen LogP contribution is 2.23. The molecular formula is C26H29N5O4. The summed E-state index contributed by atoms with van der Waals surface area (Å²) >= 11 is 0. The van der Waals surface area contributed by atoms with Crippen molar-refractivity contribution in [3.63, 3.8) is 0 Å². The third kappa shape index (κ3) is 5.06. The minimum absolute atomic E-state index is 0.0775. The van der Waals surface area contributed by atoms with Crippen LogP contribution in [0.5, 0.6) is 5.75 Å². The molecule has 0 radical (unpaired) electrons. The van der Waals surface area contributed by atoms with Gasteiger partial charge in [0, 0.05) is 37.9 Å². The van der Waals surface area contributed by atoms with E-state index in [0.29, 0.717) is 32.8 Å². The van der Waals surface area contributed by atoms with E-state index < -0.39 is 12.1 Å². The molecule has 182 valence electrons. The first-order valence-corrected chi connectivity index (χ1v) is 11.7. The minimum Gasteiger partial charge on any atom is -0.494 e. The number of carbonyl (C=O) groups excluding carboxylic acids is 2. The van der Waals surface area contributed by atoms with Crippen LogP contribution < -0.4 is 10.1 Å². The first-order valence-electron chi connectivity index (χ1n) is 11.7. The molecule has 1 aromatic heterocycles. The molecule has 5 rings (SSSR count). The number of benzene rings is 2. The van der Waals surface area contributed by atoms with Gasteiger partial charge in [0.15, 0.2) is 0 Å². The average Bonchev–Trinajstić information content (AvgIpc) is 3.35. The van der Waals surface area contributed by atoms with Crippen LogP contribution in [0, 0.1) is 0 Å². The summed E-state index contributed by atoms with van der Waals surface area (Å²) < 4.78 is 12.9. The number of nitrogens with zero attached hydrogens (tertiary/aromatic N) is 4. The fraction of sp³-hybridized carbons (Fsp3) is 0.346. The maximum Gasteiger partial charge on any atom is 0.248 e. The number of piperazine rings is 2. The number of para-hydroxylation sites is 2. The maximum absolute atomic E-state index is 13.0. The Labute approximate surface area is 204 Å². The van der Waals surface area contributed by atoms with Crippen LogP contribution in [0.2, 0.25) is 0 Å². The van der Waals surface area contributed by atoms with Crippen LogP contribution in [0.1, 0.15) is 11.1 Å². The molecule has 1 N–H and O–H groups in total. The number of methoxy groups -OCH3 is 1. The molecule has 2 aliphatic heterocycles. The predicted molar refractivity (Wildman–Crippen MR) is 129 cm³/mol. The second-order valence-electron chi connectivity index (χ2n) is 8.81. The lowest BCUT2D eigenvalue weighted by Crippen LogP contribution is -2.69. The summed E-state index contributed by atoms with van der Waals surface area (Å²) in [6, 6.07) is 16.3. The molecule has 9 nitrogen and oxygen atoms in total. The maximum atomic E-state index is 13.0. The normalized spacial score (nSPS) is 20.4. The molecule has 2 saturated heterocycles. The summed E-state index contributed by atoms with van der Waals surface area (Å²) in [6.45, 7) is 2.88. The number of fused-ring (bicyclic) bond motifs is 1. The first-order chi connectivity index (χ1) is 17.1. The molecular weight excluding hydrogens is 446 g/mol. The highest BCUT2D eigenvalue weighted by atomic mass is 16.5. The standard InChI is InChI=1S/C26H29N5O4/c1-34-24-10-6-5-9-22(24)31-15-20(13-27-31)14-29-11-12-30-23(16-29)25(32)28-21(26(30)33)18-35-17-19-7-3-2-4-8-19/h2-10,13,15,21,23H,11-12,14,16-18H2,1H3,(H,28,32)/t21-,23+/m0/s1. The third-order valence-corrected chi connectivity index (χ3v) is 6.44. The second-order valence-corrected chi connectivity index (χ2v) is 8.81. The van der Waals surface area contributed by atoms with Crippen LogP contribution in [0.4, 0.5) is 0 Å². The van der Waals surface area contributed by atoms with E-state index in [4.69, 9.17) is 9.47 Å². The summed E-state index contributed by atoms with van der Waals surface area (Å²) in [6.07, 6.45) is 3.79. The number of aromatic nitrogens is 2. The lowest BCUT2D eigenvalue weighted by atomic mass is 10.0. The predicted octanol–water partition coefficient (Wildman–Crippen LogP) is 1.61. The average molecular weight is 476 g/mol. The Kier molecular flexibility index (Phi) is 6.78. The smallest absolute Gasteiger partial charge is 0.248 e. The molecule has 0 unspecified atom stereocenters. The van der Waals surface area contributed by atoms with E-state index in [1.807, 2.05) is 67.0 Å². The van der Waals surface area contributed by atoms with Crippen LogP contribution >= 0.6 is 0 Å². The number of hydrogen-bond donors (Lipinski definition) is 1. The molecule has 9 heteroatoms. The molecule has 2 amide bonds. The summed E-state index contributed by atoms with van der Waals surface area (Å²) in [7, 11) is 1.64. The highest BCUT2D eigenvalue weighted by molar-refractivity contribution is 5.97. The van der Waals surface area contributed by atoms with E-state index in [1.165, 1.54) is 0 Å². The summed E-state index contributed by atoms with van der Waals surface area (Å²) in [5, 5.41) is 7.34. The summed E-state index contributed by atoms with van der Waals surface area (Å²) in [5.41, 5.74) is 2.92. The van der Waals surface area contributed by atoms with Gasteiger partial charge in [-0.3, -0.25) is 14.5 Å². The van der Waals surface area contributed by atoms with Crippen molar-refractivity contribution in [2.24, 2.45) is 0 Å². The molecule has 3 heterocycles. The van der Waals surface area contributed by atoms with Gasteiger partial charge in [0.05, 0.1) is 26.5 Å². The van der Waals surface area contributed by atoms with Gasteiger partial charge in [-0.25, -0.2) is 4.68 Å². The Morgan fingerprint density at radius 2 is 1.83 bits per heavy atom. The second kappa shape index (κ2) is 10.3. The summed E-state index contributed by atoms with van der Waals surface area (Å²) in [5.74, 6) is 0.536. The zero-order chi connectivity index (χ0) is 24.2. The lowest BCUT2D eigenvalue weighted by Gasteiger charge is -2.45. The fourth-order valence-electron chi connectivity index (χ4n) is 4.63. The van der Waals surface area contributed by atoms with Crippen molar-refractivity contribution in [2.45, 2.75) is 25.2 Å². The Hall–Kier alpha value is -3.69.